The second kappa shape index (κ2) is 11.9. The minimum Gasteiger partial charge on any atom is -0.494 e. The molecule has 9 heteroatoms. The van der Waals surface area contributed by atoms with Crippen LogP contribution in [0.1, 0.15) is 37.6 Å². The second-order valence-corrected chi connectivity index (χ2v) is 8.02. The van der Waals surface area contributed by atoms with Crippen LogP contribution in [0.2, 0.25) is 0 Å². The van der Waals surface area contributed by atoms with Gasteiger partial charge in [-0.3, -0.25) is 9.59 Å². The van der Waals surface area contributed by atoms with Gasteiger partial charge < -0.3 is 29.6 Å². The van der Waals surface area contributed by atoms with E-state index < -0.39 is 30.4 Å². The average Bonchev–Trinajstić information content (AvgIpc) is 3.06. The molecule has 0 saturated heterocycles. The summed E-state index contributed by atoms with van der Waals surface area (Å²) in [6.07, 6.45) is 0.776. The molecular weight excluding hydrogens is 440 g/mol. The van der Waals surface area contributed by atoms with E-state index in [4.69, 9.17) is 18.9 Å². The standard InChI is InChI=1S/C25H30N2O7/c1-4-31-19-9-6-17(7-10-19)24(29)27-23(16(2)3)25(30)34-15-22(28)26-18-8-11-20-21(14-18)33-13-5-12-32-20/h6-11,14,16,23H,4-5,12-13,15H2,1-3H3,(H,26,28)(H,27,29). The van der Waals surface area contributed by atoms with E-state index >= 15 is 0 Å². The summed E-state index contributed by atoms with van der Waals surface area (Å²) >= 11 is 0. The molecule has 2 N–H and O–H groups in total. The lowest BCUT2D eigenvalue weighted by atomic mass is 10.0. The SMILES string of the molecule is CCOc1ccc(C(=O)NC(C(=O)OCC(=O)Nc2ccc3c(c2)OCCCO3)C(C)C)cc1. The van der Waals surface area contributed by atoms with Gasteiger partial charge in [0.1, 0.15) is 11.8 Å². The number of carbonyl (C=O) groups excluding carboxylic acids is 3. The number of hydrogen-bond acceptors (Lipinski definition) is 7. The van der Waals surface area contributed by atoms with Crippen molar-refractivity contribution in [1.29, 1.82) is 0 Å². The molecule has 1 aliphatic heterocycles. The summed E-state index contributed by atoms with van der Waals surface area (Å²) in [6.45, 7) is 6.56. The number of hydrogen-bond donors (Lipinski definition) is 2. The Morgan fingerprint density at radius 1 is 1.00 bits per heavy atom. The molecule has 2 aromatic rings. The molecule has 0 saturated carbocycles. The third kappa shape index (κ3) is 6.87. The first-order valence-electron chi connectivity index (χ1n) is 11.3. The van der Waals surface area contributed by atoms with Crippen LogP contribution in [0, 0.1) is 5.92 Å². The van der Waals surface area contributed by atoms with Crippen molar-refractivity contribution in [2.45, 2.75) is 33.2 Å². The van der Waals surface area contributed by atoms with Crippen LogP contribution in [0.3, 0.4) is 0 Å². The molecule has 9 nitrogen and oxygen atoms in total. The number of fused-ring (bicyclic) bond motifs is 1. The minimum absolute atomic E-state index is 0.246. The first kappa shape index (κ1) is 24.9. The molecule has 1 aliphatic rings. The van der Waals surface area contributed by atoms with Gasteiger partial charge in [-0.1, -0.05) is 13.8 Å². The zero-order chi connectivity index (χ0) is 24.5. The molecule has 2 amide bonds. The topological polar surface area (TPSA) is 112 Å². The van der Waals surface area contributed by atoms with Crippen molar-refractivity contribution in [2.75, 3.05) is 31.7 Å². The number of benzene rings is 2. The molecule has 34 heavy (non-hydrogen) atoms. The van der Waals surface area contributed by atoms with Crippen LogP contribution in [-0.4, -0.2) is 50.3 Å². The average molecular weight is 471 g/mol. The van der Waals surface area contributed by atoms with E-state index in [9.17, 15) is 14.4 Å². The minimum atomic E-state index is -0.912. The summed E-state index contributed by atoms with van der Waals surface area (Å²) < 4.78 is 21.7. The van der Waals surface area contributed by atoms with Crippen LogP contribution in [0.15, 0.2) is 42.5 Å². The number of anilines is 1. The number of carbonyl (C=O) groups is 3. The van der Waals surface area contributed by atoms with E-state index in [0.29, 0.717) is 48.3 Å². The van der Waals surface area contributed by atoms with Crippen molar-refractivity contribution >= 4 is 23.5 Å². The predicted molar refractivity (Wildman–Crippen MR) is 125 cm³/mol. The van der Waals surface area contributed by atoms with Crippen LogP contribution >= 0.6 is 0 Å². The summed E-state index contributed by atoms with van der Waals surface area (Å²) in [4.78, 5) is 37.5. The van der Waals surface area contributed by atoms with Gasteiger partial charge in [0.25, 0.3) is 11.8 Å². The molecular formula is C25H30N2O7. The molecule has 1 atom stereocenters. The van der Waals surface area contributed by atoms with Crippen LogP contribution in [0.5, 0.6) is 17.2 Å². The van der Waals surface area contributed by atoms with Gasteiger partial charge in [-0.25, -0.2) is 4.79 Å². The highest BCUT2D eigenvalue weighted by atomic mass is 16.5. The van der Waals surface area contributed by atoms with Crippen molar-refractivity contribution in [3.8, 4) is 17.2 Å². The summed E-state index contributed by atoms with van der Waals surface area (Å²) in [5.74, 6) is -0.0573. The monoisotopic (exact) mass is 470 g/mol. The Kier molecular flexibility index (Phi) is 8.73. The molecule has 2 aromatic carbocycles. The van der Waals surface area contributed by atoms with Gasteiger partial charge in [-0.05, 0) is 49.2 Å². The Labute approximate surface area is 198 Å². The molecule has 0 aliphatic carbocycles. The van der Waals surface area contributed by atoms with E-state index in [2.05, 4.69) is 10.6 Å². The van der Waals surface area contributed by atoms with E-state index in [-0.39, 0.29) is 5.92 Å². The maximum absolute atomic E-state index is 12.6. The van der Waals surface area contributed by atoms with Gasteiger partial charge in [-0.15, -0.1) is 0 Å². The quantitative estimate of drug-likeness (QED) is 0.541. The van der Waals surface area contributed by atoms with E-state index in [0.717, 1.165) is 6.42 Å². The lowest BCUT2D eigenvalue weighted by Gasteiger charge is -2.21. The fourth-order valence-corrected chi connectivity index (χ4v) is 3.26. The smallest absolute Gasteiger partial charge is 0.329 e. The number of amides is 2. The Hall–Kier alpha value is -3.75. The fraction of sp³-hybridized carbons (Fsp3) is 0.400. The summed E-state index contributed by atoms with van der Waals surface area (Å²) in [7, 11) is 0. The van der Waals surface area contributed by atoms with Crippen molar-refractivity contribution < 1.29 is 33.3 Å². The largest absolute Gasteiger partial charge is 0.494 e. The highest BCUT2D eigenvalue weighted by molar-refractivity contribution is 5.97. The van der Waals surface area contributed by atoms with Crippen molar-refractivity contribution in [1.82, 2.24) is 5.32 Å². The van der Waals surface area contributed by atoms with Gasteiger partial charge in [-0.2, -0.15) is 0 Å². The number of nitrogens with one attached hydrogen (secondary N) is 2. The Morgan fingerprint density at radius 2 is 1.71 bits per heavy atom. The first-order chi connectivity index (χ1) is 16.4. The Balaban J connectivity index is 1.53. The third-order valence-electron chi connectivity index (χ3n) is 5.01. The van der Waals surface area contributed by atoms with E-state index in [1.807, 2.05) is 6.92 Å². The molecule has 0 spiro atoms. The fourth-order valence-electron chi connectivity index (χ4n) is 3.26. The van der Waals surface area contributed by atoms with Crippen LogP contribution < -0.4 is 24.8 Å². The molecule has 0 fully saturated rings. The summed E-state index contributed by atoms with van der Waals surface area (Å²) in [5.41, 5.74) is 0.878. The molecule has 0 radical (unpaired) electrons. The lowest BCUT2D eigenvalue weighted by Crippen LogP contribution is -2.45. The summed E-state index contributed by atoms with van der Waals surface area (Å²) in [6, 6.07) is 10.8. The number of ether oxygens (including phenoxy) is 4. The first-order valence-corrected chi connectivity index (χ1v) is 11.3. The van der Waals surface area contributed by atoms with Gasteiger partial charge in [0, 0.05) is 23.7 Å². The molecule has 3 rings (SSSR count). The highest BCUT2D eigenvalue weighted by Gasteiger charge is 2.27. The predicted octanol–water partition coefficient (Wildman–Crippen LogP) is 3.18. The van der Waals surface area contributed by atoms with E-state index in [1.165, 1.54) is 0 Å². The molecule has 0 aromatic heterocycles. The van der Waals surface area contributed by atoms with Crippen molar-refractivity contribution in [3.63, 3.8) is 0 Å². The normalized spacial score (nSPS) is 13.4. The third-order valence-corrected chi connectivity index (χ3v) is 5.01. The zero-order valence-corrected chi connectivity index (χ0v) is 19.6. The van der Waals surface area contributed by atoms with Gasteiger partial charge >= 0.3 is 5.97 Å². The molecule has 1 heterocycles. The van der Waals surface area contributed by atoms with Crippen LogP contribution in [-0.2, 0) is 14.3 Å². The lowest BCUT2D eigenvalue weighted by molar-refractivity contribution is -0.150. The molecule has 182 valence electrons. The number of esters is 1. The van der Waals surface area contributed by atoms with Crippen molar-refractivity contribution in [2.24, 2.45) is 5.92 Å². The highest BCUT2D eigenvalue weighted by Crippen LogP contribution is 2.32. The van der Waals surface area contributed by atoms with Gasteiger partial charge in [0.2, 0.25) is 0 Å². The molecule has 0 bridgehead atoms. The second-order valence-electron chi connectivity index (χ2n) is 8.02. The van der Waals surface area contributed by atoms with Crippen LogP contribution in [0.25, 0.3) is 0 Å². The Bertz CT molecular complexity index is 1000. The van der Waals surface area contributed by atoms with Gasteiger partial charge in [0.15, 0.2) is 18.1 Å². The maximum Gasteiger partial charge on any atom is 0.329 e. The zero-order valence-electron chi connectivity index (χ0n) is 19.6. The van der Waals surface area contributed by atoms with Crippen molar-refractivity contribution in [3.05, 3.63) is 48.0 Å². The number of rotatable bonds is 9. The Morgan fingerprint density at radius 3 is 2.38 bits per heavy atom. The van der Waals surface area contributed by atoms with E-state index in [1.54, 1.807) is 56.3 Å². The van der Waals surface area contributed by atoms with Crippen LogP contribution in [0.4, 0.5) is 5.69 Å². The van der Waals surface area contributed by atoms with Gasteiger partial charge in [0.05, 0.1) is 19.8 Å². The molecule has 1 unspecified atom stereocenters. The summed E-state index contributed by atoms with van der Waals surface area (Å²) in [5, 5.41) is 5.35. The maximum atomic E-state index is 12.6.